The largest absolute Gasteiger partial charge is 0.467 e. The first-order chi connectivity index (χ1) is 7.77. The summed E-state index contributed by atoms with van der Waals surface area (Å²) in [5.74, 6) is 1.56. The number of ketones is 1. The van der Waals surface area contributed by atoms with E-state index in [9.17, 15) is 4.79 Å². The van der Waals surface area contributed by atoms with Crippen molar-refractivity contribution in [2.45, 2.75) is 38.4 Å². The molecule has 1 aliphatic heterocycles. The second kappa shape index (κ2) is 3.74. The summed E-state index contributed by atoms with van der Waals surface area (Å²) in [6.45, 7) is 2.07. The third-order valence-corrected chi connectivity index (χ3v) is 3.91. The van der Waals surface area contributed by atoms with Gasteiger partial charge in [0.2, 0.25) is 0 Å². The number of furan rings is 1. The number of fused-ring (bicyclic) bond motifs is 1. The van der Waals surface area contributed by atoms with Crippen molar-refractivity contribution in [2.24, 2.45) is 11.8 Å². The van der Waals surface area contributed by atoms with Crippen molar-refractivity contribution in [1.82, 2.24) is 0 Å². The molecule has 1 aromatic heterocycles. The van der Waals surface area contributed by atoms with Crippen LogP contribution in [0, 0.1) is 11.8 Å². The average Bonchev–Trinajstić information content (AvgIpc) is 2.87. The van der Waals surface area contributed by atoms with Crippen molar-refractivity contribution < 1.29 is 13.9 Å². The van der Waals surface area contributed by atoms with Gasteiger partial charge in [-0.3, -0.25) is 4.79 Å². The quantitative estimate of drug-likeness (QED) is 0.730. The number of Topliss-reactive ketones (excluding diaryl/α,β-unsaturated/α-hetero) is 1. The Hall–Kier alpha value is -1.09. The van der Waals surface area contributed by atoms with E-state index >= 15 is 0 Å². The van der Waals surface area contributed by atoms with Gasteiger partial charge in [0.1, 0.15) is 17.6 Å². The number of hydrogen-bond acceptors (Lipinski definition) is 3. The van der Waals surface area contributed by atoms with E-state index in [1.54, 1.807) is 6.26 Å². The monoisotopic (exact) mass is 220 g/mol. The predicted molar refractivity (Wildman–Crippen MR) is 57.8 cm³/mol. The highest BCUT2D eigenvalue weighted by atomic mass is 16.5. The Labute approximate surface area is 94.8 Å². The number of hydrogen-bond donors (Lipinski definition) is 0. The maximum Gasteiger partial charge on any atom is 0.139 e. The molecular weight excluding hydrogens is 204 g/mol. The molecule has 16 heavy (non-hydrogen) atoms. The Balaban J connectivity index is 1.93. The summed E-state index contributed by atoms with van der Waals surface area (Å²) in [7, 11) is 0. The molecule has 0 spiro atoms. The van der Waals surface area contributed by atoms with E-state index in [1.807, 2.05) is 12.1 Å². The maximum absolute atomic E-state index is 12.0. The second-order valence-electron chi connectivity index (χ2n) is 4.83. The van der Waals surface area contributed by atoms with Gasteiger partial charge in [-0.2, -0.15) is 0 Å². The van der Waals surface area contributed by atoms with Gasteiger partial charge in [0.05, 0.1) is 18.3 Å². The molecule has 4 atom stereocenters. The van der Waals surface area contributed by atoms with E-state index < -0.39 is 0 Å². The van der Waals surface area contributed by atoms with Crippen LogP contribution in [-0.2, 0) is 9.53 Å². The fraction of sp³-hybridized carbons (Fsp3) is 0.615. The minimum atomic E-state index is -0.150. The van der Waals surface area contributed by atoms with E-state index in [2.05, 4.69) is 6.92 Å². The molecular formula is C13H16O3. The Morgan fingerprint density at radius 3 is 3.06 bits per heavy atom. The van der Waals surface area contributed by atoms with Crippen molar-refractivity contribution in [2.75, 3.05) is 0 Å². The number of rotatable bonds is 1. The highest BCUT2D eigenvalue weighted by Crippen LogP contribution is 2.47. The SMILES string of the molecule is C[C@H]1O[C@@H](c2ccco2)[C@H]2C(=O)CCC[C@H]21. The van der Waals surface area contributed by atoms with Crippen molar-refractivity contribution in [3.63, 3.8) is 0 Å². The summed E-state index contributed by atoms with van der Waals surface area (Å²) in [6, 6.07) is 3.76. The smallest absolute Gasteiger partial charge is 0.139 e. The van der Waals surface area contributed by atoms with Gasteiger partial charge in [-0.15, -0.1) is 0 Å². The van der Waals surface area contributed by atoms with Crippen LogP contribution >= 0.6 is 0 Å². The lowest BCUT2D eigenvalue weighted by Gasteiger charge is -2.26. The highest BCUT2D eigenvalue weighted by Gasteiger charge is 2.49. The molecule has 0 amide bonds. The molecule has 1 aliphatic carbocycles. The Morgan fingerprint density at radius 1 is 1.44 bits per heavy atom. The summed E-state index contributed by atoms with van der Waals surface area (Å²) >= 11 is 0. The number of carbonyl (C=O) groups excluding carboxylic acids is 1. The van der Waals surface area contributed by atoms with Gasteiger partial charge in [0, 0.05) is 6.42 Å². The number of carbonyl (C=O) groups is 1. The molecule has 1 saturated heterocycles. The second-order valence-corrected chi connectivity index (χ2v) is 4.83. The molecule has 86 valence electrons. The van der Waals surface area contributed by atoms with Crippen molar-refractivity contribution in [1.29, 1.82) is 0 Å². The summed E-state index contributed by atoms with van der Waals surface area (Å²) < 4.78 is 11.3. The average molecular weight is 220 g/mol. The van der Waals surface area contributed by atoms with Crippen LogP contribution in [-0.4, -0.2) is 11.9 Å². The van der Waals surface area contributed by atoms with Crippen molar-refractivity contribution in [3.05, 3.63) is 24.2 Å². The van der Waals surface area contributed by atoms with E-state index in [0.29, 0.717) is 18.1 Å². The topological polar surface area (TPSA) is 39.4 Å². The van der Waals surface area contributed by atoms with E-state index in [1.165, 1.54) is 0 Å². The third kappa shape index (κ3) is 1.42. The van der Waals surface area contributed by atoms with Crippen LogP contribution in [0.3, 0.4) is 0 Å². The van der Waals surface area contributed by atoms with E-state index in [0.717, 1.165) is 18.6 Å². The molecule has 0 unspecified atom stereocenters. The fourth-order valence-electron chi connectivity index (χ4n) is 3.13. The summed E-state index contributed by atoms with van der Waals surface area (Å²) in [6.07, 6.45) is 4.48. The molecule has 1 aromatic rings. The molecule has 0 aromatic carbocycles. The zero-order valence-corrected chi connectivity index (χ0v) is 9.39. The fourth-order valence-corrected chi connectivity index (χ4v) is 3.13. The zero-order chi connectivity index (χ0) is 11.1. The first-order valence-corrected chi connectivity index (χ1v) is 5.99. The third-order valence-electron chi connectivity index (χ3n) is 3.91. The lowest BCUT2D eigenvalue weighted by atomic mass is 9.75. The summed E-state index contributed by atoms with van der Waals surface area (Å²) in [4.78, 5) is 12.0. The van der Waals surface area contributed by atoms with Crippen LogP contribution in [0.4, 0.5) is 0 Å². The molecule has 0 N–H and O–H groups in total. The molecule has 0 radical (unpaired) electrons. The van der Waals surface area contributed by atoms with Crippen LogP contribution in [0.15, 0.2) is 22.8 Å². The standard InChI is InChI=1S/C13H16O3/c1-8-9-4-2-5-10(14)12(9)13(16-8)11-6-3-7-15-11/h3,6-9,12-13H,2,4-5H2,1H3/t8-,9+,12-,13+/m1/s1. The van der Waals surface area contributed by atoms with Gasteiger partial charge in [0.25, 0.3) is 0 Å². The Morgan fingerprint density at radius 2 is 2.31 bits per heavy atom. The highest BCUT2D eigenvalue weighted by molar-refractivity contribution is 5.83. The Bertz CT molecular complexity index is 382. The minimum absolute atomic E-state index is 0.0231. The first-order valence-electron chi connectivity index (χ1n) is 5.99. The number of ether oxygens (including phenoxy) is 1. The van der Waals surface area contributed by atoms with Crippen LogP contribution in [0.2, 0.25) is 0 Å². The van der Waals surface area contributed by atoms with Gasteiger partial charge in [-0.25, -0.2) is 0 Å². The van der Waals surface area contributed by atoms with E-state index in [4.69, 9.17) is 9.15 Å². The van der Waals surface area contributed by atoms with Crippen LogP contribution < -0.4 is 0 Å². The molecule has 0 bridgehead atoms. The van der Waals surface area contributed by atoms with Crippen LogP contribution in [0.25, 0.3) is 0 Å². The van der Waals surface area contributed by atoms with Gasteiger partial charge < -0.3 is 9.15 Å². The van der Waals surface area contributed by atoms with Gasteiger partial charge >= 0.3 is 0 Å². The van der Waals surface area contributed by atoms with Gasteiger partial charge in [0.15, 0.2) is 0 Å². The molecule has 3 heteroatoms. The molecule has 1 saturated carbocycles. The molecule has 2 fully saturated rings. The minimum Gasteiger partial charge on any atom is -0.467 e. The summed E-state index contributed by atoms with van der Waals surface area (Å²) in [5.41, 5.74) is 0. The molecule has 3 rings (SSSR count). The summed E-state index contributed by atoms with van der Waals surface area (Å²) in [5, 5.41) is 0. The lowest BCUT2D eigenvalue weighted by molar-refractivity contribution is -0.127. The van der Waals surface area contributed by atoms with Crippen LogP contribution in [0.5, 0.6) is 0 Å². The molecule has 2 heterocycles. The van der Waals surface area contributed by atoms with Gasteiger partial charge in [-0.05, 0) is 37.8 Å². The first kappa shape index (κ1) is 10.1. The lowest BCUT2D eigenvalue weighted by Crippen LogP contribution is -2.30. The predicted octanol–water partition coefficient (Wildman–Crippen LogP) is 2.72. The Kier molecular flexibility index (Phi) is 2.36. The molecule has 2 aliphatic rings. The van der Waals surface area contributed by atoms with Crippen molar-refractivity contribution in [3.8, 4) is 0 Å². The molecule has 3 nitrogen and oxygen atoms in total. The maximum atomic E-state index is 12.0. The zero-order valence-electron chi connectivity index (χ0n) is 9.39. The van der Waals surface area contributed by atoms with E-state index in [-0.39, 0.29) is 18.1 Å². The van der Waals surface area contributed by atoms with Gasteiger partial charge in [-0.1, -0.05) is 0 Å². The van der Waals surface area contributed by atoms with Crippen molar-refractivity contribution >= 4 is 5.78 Å². The van der Waals surface area contributed by atoms with Crippen LogP contribution in [0.1, 0.15) is 38.1 Å². The normalized spacial score (nSPS) is 38.7.